The van der Waals surface area contributed by atoms with Gasteiger partial charge in [0.25, 0.3) is 5.91 Å². The van der Waals surface area contributed by atoms with Gasteiger partial charge in [-0.15, -0.1) is 0 Å². The molecule has 0 unspecified atom stereocenters. The predicted octanol–water partition coefficient (Wildman–Crippen LogP) is 2.42. The molecule has 4 nitrogen and oxygen atoms in total. The first kappa shape index (κ1) is 13.6. The molecule has 2 saturated heterocycles. The van der Waals surface area contributed by atoms with Crippen molar-refractivity contribution in [2.24, 2.45) is 5.92 Å². The van der Waals surface area contributed by atoms with Gasteiger partial charge in [-0.1, -0.05) is 6.92 Å². The number of ether oxygens (including phenoxy) is 1. The Balaban J connectivity index is 1.63. The predicted molar refractivity (Wildman–Crippen MR) is 76.6 cm³/mol. The lowest BCUT2D eigenvalue weighted by atomic mass is 9.86. The van der Waals surface area contributed by atoms with Crippen LogP contribution in [-0.4, -0.2) is 41.1 Å². The number of piperidine rings is 1. The van der Waals surface area contributed by atoms with Crippen molar-refractivity contribution in [3.8, 4) is 0 Å². The van der Waals surface area contributed by atoms with Crippen LogP contribution in [-0.2, 0) is 4.74 Å². The summed E-state index contributed by atoms with van der Waals surface area (Å²) in [6.07, 6.45) is 4.74. The Hall–Kier alpha value is -1.42. The second-order valence-corrected chi connectivity index (χ2v) is 6.28. The van der Waals surface area contributed by atoms with Crippen molar-refractivity contribution in [1.29, 1.82) is 0 Å². The fraction of sp³-hybridized carbons (Fsp3) is 0.625. The van der Waals surface area contributed by atoms with Crippen LogP contribution in [0.25, 0.3) is 0 Å². The van der Waals surface area contributed by atoms with Crippen LogP contribution < -0.4 is 0 Å². The van der Waals surface area contributed by atoms with Crippen LogP contribution in [0.1, 0.15) is 42.2 Å². The van der Waals surface area contributed by atoms with Crippen LogP contribution in [0.15, 0.2) is 18.3 Å². The molecule has 0 aromatic carbocycles. The van der Waals surface area contributed by atoms with E-state index >= 15 is 0 Å². The smallest absolute Gasteiger partial charge is 0.255 e. The number of carbonyl (C=O) groups is 1. The average Bonchev–Trinajstić information content (AvgIpc) is 2.81. The molecule has 1 amide bonds. The van der Waals surface area contributed by atoms with Crippen molar-refractivity contribution in [3.05, 3.63) is 29.6 Å². The third-order valence-electron chi connectivity index (χ3n) is 4.51. The zero-order valence-corrected chi connectivity index (χ0v) is 12.3. The molecule has 0 aliphatic carbocycles. The van der Waals surface area contributed by atoms with Crippen molar-refractivity contribution >= 4 is 5.91 Å². The van der Waals surface area contributed by atoms with Gasteiger partial charge in [0.1, 0.15) is 0 Å². The van der Waals surface area contributed by atoms with Crippen molar-refractivity contribution in [2.45, 2.75) is 38.7 Å². The number of carbonyl (C=O) groups excluding carboxylic acids is 1. The van der Waals surface area contributed by atoms with E-state index in [-0.39, 0.29) is 11.5 Å². The fourth-order valence-corrected chi connectivity index (χ4v) is 3.31. The summed E-state index contributed by atoms with van der Waals surface area (Å²) in [7, 11) is 0. The van der Waals surface area contributed by atoms with Crippen molar-refractivity contribution in [3.63, 3.8) is 0 Å². The lowest BCUT2D eigenvalue weighted by molar-refractivity contribution is -0.0390. The Morgan fingerprint density at radius 3 is 2.70 bits per heavy atom. The molecule has 108 valence electrons. The molecule has 1 spiro atoms. The zero-order chi connectivity index (χ0) is 14.2. The van der Waals surface area contributed by atoms with Gasteiger partial charge in [0.2, 0.25) is 0 Å². The highest BCUT2D eigenvalue weighted by Gasteiger charge is 2.42. The van der Waals surface area contributed by atoms with Crippen LogP contribution in [0.2, 0.25) is 0 Å². The molecule has 1 aromatic rings. The SMILES string of the molecule is Cc1ccc(C(=O)N2CCC3(CC2)C[C@H](C)CO3)cn1. The standard InChI is InChI=1S/C16H22N2O2/c1-12-9-16(20-11-12)5-7-18(8-6-16)15(19)14-4-3-13(2)17-10-14/h3-4,10,12H,5-9,11H2,1-2H3/t12-/m0/s1. The van der Waals surface area contributed by atoms with Gasteiger partial charge in [-0.05, 0) is 44.2 Å². The second-order valence-electron chi connectivity index (χ2n) is 6.28. The van der Waals surface area contributed by atoms with Gasteiger partial charge in [-0.25, -0.2) is 0 Å². The molecule has 2 fully saturated rings. The summed E-state index contributed by atoms with van der Waals surface area (Å²) in [6, 6.07) is 3.75. The highest BCUT2D eigenvalue weighted by atomic mass is 16.5. The van der Waals surface area contributed by atoms with Crippen LogP contribution in [0.5, 0.6) is 0 Å². The Morgan fingerprint density at radius 2 is 2.15 bits per heavy atom. The van der Waals surface area contributed by atoms with Gasteiger partial charge in [-0.2, -0.15) is 0 Å². The summed E-state index contributed by atoms with van der Waals surface area (Å²) in [5.41, 5.74) is 1.67. The zero-order valence-electron chi connectivity index (χ0n) is 12.3. The molecule has 4 heteroatoms. The minimum atomic E-state index is 0.0434. The van der Waals surface area contributed by atoms with Gasteiger partial charge >= 0.3 is 0 Å². The number of aryl methyl sites for hydroxylation is 1. The van der Waals surface area contributed by atoms with E-state index in [1.54, 1.807) is 6.20 Å². The van der Waals surface area contributed by atoms with E-state index in [1.165, 1.54) is 0 Å². The monoisotopic (exact) mass is 274 g/mol. The Kier molecular flexibility index (Phi) is 3.50. The lowest BCUT2D eigenvalue weighted by Crippen LogP contribution is -2.46. The number of hydrogen-bond donors (Lipinski definition) is 0. The molecule has 2 aliphatic rings. The molecule has 20 heavy (non-hydrogen) atoms. The number of hydrogen-bond acceptors (Lipinski definition) is 3. The number of amides is 1. The molecule has 3 rings (SSSR count). The number of rotatable bonds is 1. The molecule has 1 atom stereocenters. The van der Waals surface area contributed by atoms with Crippen LogP contribution in [0.4, 0.5) is 0 Å². The number of nitrogens with zero attached hydrogens (tertiary/aromatic N) is 2. The van der Waals surface area contributed by atoms with Crippen molar-refractivity contribution in [2.75, 3.05) is 19.7 Å². The molecule has 1 aromatic heterocycles. The van der Waals surface area contributed by atoms with Gasteiger partial charge in [0.05, 0.1) is 11.2 Å². The molecular weight excluding hydrogens is 252 g/mol. The maximum absolute atomic E-state index is 12.4. The van der Waals surface area contributed by atoms with E-state index < -0.39 is 0 Å². The second kappa shape index (κ2) is 5.17. The van der Waals surface area contributed by atoms with Gasteiger partial charge in [0, 0.05) is 31.6 Å². The Labute approximate surface area is 120 Å². The summed E-state index contributed by atoms with van der Waals surface area (Å²) < 4.78 is 5.99. The quantitative estimate of drug-likeness (QED) is 0.790. The molecule has 0 radical (unpaired) electrons. The molecule has 0 bridgehead atoms. The van der Waals surface area contributed by atoms with Crippen LogP contribution in [0.3, 0.4) is 0 Å². The fourth-order valence-electron chi connectivity index (χ4n) is 3.31. The third kappa shape index (κ3) is 2.57. The van der Waals surface area contributed by atoms with Gasteiger partial charge in [0.15, 0.2) is 0 Å². The molecule has 0 saturated carbocycles. The molecular formula is C16H22N2O2. The average molecular weight is 274 g/mol. The maximum atomic E-state index is 12.4. The van der Waals surface area contributed by atoms with Gasteiger partial charge in [-0.3, -0.25) is 9.78 Å². The first-order valence-corrected chi connectivity index (χ1v) is 7.44. The number of aromatic nitrogens is 1. The molecule has 2 aliphatic heterocycles. The maximum Gasteiger partial charge on any atom is 0.255 e. The normalized spacial score (nSPS) is 25.1. The summed E-state index contributed by atoms with van der Waals surface area (Å²) in [6.45, 7) is 6.62. The number of likely N-dealkylation sites (tertiary alicyclic amines) is 1. The minimum Gasteiger partial charge on any atom is -0.375 e. The largest absolute Gasteiger partial charge is 0.375 e. The van der Waals surface area contributed by atoms with E-state index in [1.807, 2.05) is 24.0 Å². The van der Waals surface area contributed by atoms with E-state index in [0.29, 0.717) is 11.5 Å². The first-order chi connectivity index (χ1) is 9.58. The minimum absolute atomic E-state index is 0.0434. The van der Waals surface area contributed by atoms with E-state index in [9.17, 15) is 4.79 Å². The van der Waals surface area contributed by atoms with Crippen molar-refractivity contribution in [1.82, 2.24) is 9.88 Å². The topological polar surface area (TPSA) is 42.4 Å². The summed E-state index contributed by atoms with van der Waals surface area (Å²) in [5.74, 6) is 0.747. The van der Waals surface area contributed by atoms with Crippen molar-refractivity contribution < 1.29 is 9.53 Å². The molecule has 0 N–H and O–H groups in total. The third-order valence-corrected chi connectivity index (χ3v) is 4.51. The summed E-state index contributed by atoms with van der Waals surface area (Å²) in [4.78, 5) is 18.6. The Bertz CT molecular complexity index is 490. The molecule has 3 heterocycles. The summed E-state index contributed by atoms with van der Waals surface area (Å²) in [5, 5.41) is 0. The van der Waals surface area contributed by atoms with E-state index in [2.05, 4.69) is 11.9 Å². The highest BCUT2D eigenvalue weighted by molar-refractivity contribution is 5.94. The van der Waals surface area contributed by atoms with Gasteiger partial charge < -0.3 is 9.64 Å². The summed E-state index contributed by atoms with van der Waals surface area (Å²) >= 11 is 0. The first-order valence-electron chi connectivity index (χ1n) is 7.44. The number of pyridine rings is 1. The van der Waals surface area contributed by atoms with E-state index in [0.717, 1.165) is 44.7 Å². The van der Waals surface area contributed by atoms with E-state index in [4.69, 9.17) is 4.74 Å². The highest BCUT2D eigenvalue weighted by Crippen LogP contribution is 2.38. The van der Waals surface area contributed by atoms with Crippen LogP contribution >= 0.6 is 0 Å². The van der Waals surface area contributed by atoms with Crippen LogP contribution in [0, 0.1) is 12.8 Å². The lowest BCUT2D eigenvalue weighted by Gasteiger charge is -2.38. The Morgan fingerprint density at radius 1 is 1.40 bits per heavy atom.